The largest absolute Gasteiger partial charge is 0.333 e. The van der Waals surface area contributed by atoms with Gasteiger partial charge in [0.1, 0.15) is 0 Å². The molecule has 1 atom stereocenters. The van der Waals surface area contributed by atoms with Crippen LogP contribution < -0.4 is 10.6 Å². The number of imide groups is 1. The number of nitrogens with zero attached hydrogens (tertiary/aromatic N) is 1. The zero-order valence-corrected chi connectivity index (χ0v) is 14.9. The lowest BCUT2D eigenvalue weighted by atomic mass is 10.1. The van der Waals surface area contributed by atoms with Gasteiger partial charge >= 0.3 is 6.03 Å². The average Bonchev–Trinajstić information content (AvgIpc) is 2.77. The summed E-state index contributed by atoms with van der Waals surface area (Å²) in [5, 5.41) is 5.74. The first-order chi connectivity index (χ1) is 10.6. The van der Waals surface area contributed by atoms with Crippen LogP contribution >= 0.6 is 23.4 Å². The minimum Gasteiger partial charge on any atom is -0.333 e. The average molecular weight is 355 g/mol. The molecule has 0 spiro atoms. The number of imidazole rings is 1. The zero-order valence-electron chi connectivity index (χ0n) is 13.4. The fourth-order valence-electron chi connectivity index (χ4n) is 1.82. The first-order valence-corrected chi connectivity index (χ1v) is 8.35. The van der Waals surface area contributed by atoms with Crippen LogP contribution in [0.25, 0.3) is 11.0 Å². The molecule has 6 nitrogen and oxygen atoms in total. The van der Waals surface area contributed by atoms with Crippen molar-refractivity contribution < 1.29 is 9.59 Å². The smallest absolute Gasteiger partial charge is 0.321 e. The van der Waals surface area contributed by atoms with Crippen molar-refractivity contribution in [1.29, 1.82) is 0 Å². The van der Waals surface area contributed by atoms with E-state index in [1.807, 2.05) is 20.8 Å². The van der Waals surface area contributed by atoms with E-state index in [4.69, 9.17) is 11.6 Å². The Hall–Kier alpha value is -1.73. The molecule has 3 amide bonds. The predicted octanol–water partition coefficient (Wildman–Crippen LogP) is 3.32. The highest BCUT2D eigenvalue weighted by atomic mass is 35.5. The third kappa shape index (κ3) is 5.14. The number of thioether (sulfide) groups is 1. The number of rotatable bonds is 3. The number of urea groups is 1. The Labute approximate surface area is 143 Å². The second-order valence-corrected chi connectivity index (χ2v) is 7.92. The summed E-state index contributed by atoms with van der Waals surface area (Å²) in [6, 6.07) is 4.83. The normalized spacial score (nSPS) is 12.9. The van der Waals surface area contributed by atoms with E-state index in [-0.39, 0.29) is 5.91 Å². The predicted molar refractivity (Wildman–Crippen MR) is 92.9 cm³/mol. The molecule has 124 valence electrons. The van der Waals surface area contributed by atoms with Gasteiger partial charge in [0.15, 0.2) is 5.16 Å². The molecule has 0 radical (unpaired) electrons. The number of halogens is 1. The SMILES string of the molecule is CC(Sc1nc2ccc(Cl)cc2[nH]1)C(=O)NC(=O)NC(C)(C)C. The maximum Gasteiger partial charge on any atom is 0.321 e. The molecule has 0 aliphatic heterocycles. The third-order valence-corrected chi connectivity index (χ3v) is 4.02. The summed E-state index contributed by atoms with van der Waals surface area (Å²) in [4.78, 5) is 31.3. The van der Waals surface area contributed by atoms with Crippen molar-refractivity contribution in [1.82, 2.24) is 20.6 Å². The number of fused-ring (bicyclic) bond motifs is 1. The van der Waals surface area contributed by atoms with Gasteiger partial charge in [-0.25, -0.2) is 9.78 Å². The lowest BCUT2D eigenvalue weighted by Gasteiger charge is -2.21. The fourth-order valence-corrected chi connectivity index (χ4v) is 2.81. The number of carbonyl (C=O) groups excluding carboxylic acids is 2. The van der Waals surface area contributed by atoms with Gasteiger partial charge in [-0.1, -0.05) is 23.4 Å². The monoisotopic (exact) mass is 354 g/mol. The Kier molecular flexibility index (Phi) is 5.21. The molecule has 3 N–H and O–H groups in total. The maximum absolute atomic E-state index is 12.1. The summed E-state index contributed by atoms with van der Waals surface area (Å²) < 4.78 is 0. The molecule has 0 bridgehead atoms. The van der Waals surface area contributed by atoms with Crippen molar-refractivity contribution in [3.63, 3.8) is 0 Å². The van der Waals surface area contributed by atoms with E-state index in [1.165, 1.54) is 11.8 Å². The summed E-state index contributed by atoms with van der Waals surface area (Å²) in [5.41, 5.74) is 1.17. The van der Waals surface area contributed by atoms with E-state index in [9.17, 15) is 9.59 Å². The molecule has 2 rings (SSSR count). The summed E-state index contributed by atoms with van der Waals surface area (Å²) in [6.07, 6.45) is 0. The van der Waals surface area contributed by atoms with Gasteiger partial charge in [0.05, 0.1) is 16.3 Å². The Bertz CT molecular complexity index is 739. The number of hydrogen-bond donors (Lipinski definition) is 3. The number of H-pyrrole nitrogens is 1. The molecule has 23 heavy (non-hydrogen) atoms. The van der Waals surface area contributed by atoms with Gasteiger partial charge < -0.3 is 10.3 Å². The van der Waals surface area contributed by atoms with Gasteiger partial charge in [0.25, 0.3) is 0 Å². The second kappa shape index (κ2) is 6.80. The molecule has 2 aromatic rings. The zero-order chi connectivity index (χ0) is 17.2. The topological polar surface area (TPSA) is 86.9 Å². The highest BCUT2D eigenvalue weighted by molar-refractivity contribution is 8.00. The molecule has 0 fully saturated rings. The number of aromatic nitrogens is 2. The molecular weight excluding hydrogens is 336 g/mol. The van der Waals surface area contributed by atoms with E-state index < -0.39 is 16.8 Å². The van der Waals surface area contributed by atoms with E-state index in [0.717, 1.165) is 11.0 Å². The lowest BCUT2D eigenvalue weighted by molar-refractivity contribution is -0.119. The molecule has 1 aromatic carbocycles. The van der Waals surface area contributed by atoms with E-state index in [1.54, 1.807) is 25.1 Å². The van der Waals surface area contributed by atoms with Gasteiger partial charge in [-0.3, -0.25) is 10.1 Å². The van der Waals surface area contributed by atoms with Crippen LogP contribution in [0.5, 0.6) is 0 Å². The number of hydrogen-bond acceptors (Lipinski definition) is 4. The molecule has 8 heteroatoms. The van der Waals surface area contributed by atoms with Crippen molar-refractivity contribution >= 4 is 46.3 Å². The standard InChI is InChI=1S/C15H19ClN4O2S/c1-8(12(21)19-13(22)20-15(2,3)4)23-14-17-10-6-5-9(16)7-11(10)18-14/h5-8H,1-4H3,(H,17,18)(H2,19,20,21,22). The molecule has 1 unspecified atom stereocenters. The van der Waals surface area contributed by atoms with Crippen molar-refractivity contribution in [3.8, 4) is 0 Å². The van der Waals surface area contributed by atoms with Gasteiger partial charge in [-0.05, 0) is 45.9 Å². The Balaban J connectivity index is 1.98. The van der Waals surface area contributed by atoms with Gasteiger partial charge in [-0.15, -0.1) is 0 Å². The first kappa shape index (κ1) is 17.6. The van der Waals surface area contributed by atoms with Crippen LogP contribution in [0.15, 0.2) is 23.4 Å². The quantitative estimate of drug-likeness (QED) is 0.738. The highest BCUT2D eigenvalue weighted by Crippen LogP contribution is 2.25. The van der Waals surface area contributed by atoms with Crippen molar-refractivity contribution in [3.05, 3.63) is 23.2 Å². The van der Waals surface area contributed by atoms with Gasteiger partial charge in [-0.2, -0.15) is 0 Å². The third-order valence-electron chi connectivity index (χ3n) is 2.81. The summed E-state index contributed by atoms with van der Waals surface area (Å²) in [5.74, 6) is -0.379. The van der Waals surface area contributed by atoms with Gasteiger partial charge in [0, 0.05) is 10.6 Å². The molecule has 0 saturated carbocycles. The summed E-state index contributed by atoms with van der Waals surface area (Å²) in [7, 11) is 0. The second-order valence-electron chi connectivity index (χ2n) is 6.16. The van der Waals surface area contributed by atoms with E-state index in [2.05, 4.69) is 20.6 Å². The Morgan fingerprint density at radius 1 is 1.35 bits per heavy atom. The molecule has 0 aliphatic carbocycles. The van der Waals surface area contributed by atoms with Crippen LogP contribution in [0.2, 0.25) is 5.02 Å². The first-order valence-electron chi connectivity index (χ1n) is 7.09. The molecule has 1 heterocycles. The van der Waals surface area contributed by atoms with Crippen LogP contribution in [0, 0.1) is 0 Å². The molecule has 1 aromatic heterocycles. The molecular formula is C15H19ClN4O2S. The van der Waals surface area contributed by atoms with Gasteiger partial charge in [0.2, 0.25) is 5.91 Å². The van der Waals surface area contributed by atoms with E-state index in [0.29, 0.717) is 10.2 Å². The number of carbonyl (C=O) groups is 2. The van der Waals surface area contributed by atoms with Crippen LogP contribution in [-0.2, 0) is 4.79 Å². The number of aromatic amines is 1. The van der Waals surface area contributed by atoms with Crippen LogP contribution in [0.3, 0.4) is 0 Å². The minimum atomic E-state index is -0.508. The molecule has 0 saturated heterocycles. The maximum atomic E-state index is 12.1. The van der Waals surface area contributed by atoms with Crippen LogP contribution in [-0.4, -0.2) is 32.7 Å². The lowest BCUT2D eigenvalue weighted by Crippen LogP contribution is -2.49. The minimum absolute atomic E-state index is 0.379. The number of amides is 3. The summed E-state index contributed by atoms with van der Waals surface area (Å²) >= 11 is 7.17. The van der Waals surface area contributed by atoms with Crippen LogP contribution in [0.1, 0.15) is 27.7 Å². The van der Waals surface area contributed by atoms with Crippen molar-refractivity contribution in [2.45, 2.75) is 43.6 Å². The fraction of sp³-hybridized carbons (Fsp3) is 0.400. The summed E-state index contributed by atoms with van der Waals surface area (Å²) in [6.45, 7) is 7.24. The Morgan fingerprint density at radius 2 is 2.04 bits per heavy atom. The number of nitrogens with one attached hydrogen (secondary N) is 3. The van der Waals surface area contributed by atoms with E-state index >= 15 is 0 Å². The van der Waals surface area contributed by atoms with Crippen molar-refractivity contribution in [2.75, 3.05) is 0 Å². The molecule has 0 aliphatic rings. The Morgan fingerprint density at radius 3 is 2.70 bits per heavy atom. The number of benzene rings is 1. The van der Waals surface area contributed by atoms with Crippen LogP contribution in [0.4, 0.5) is 4.79 Å². The highest BCUT2D eigenvalue weighted by Gasteiger charge is 2.21. The van der Waals surface area contributed by atoms with Crippen molar-refractivity contribution in [2.24, 2.45) is 0 Å².